The second kappa shape index (κ2) is 7.73. The summed E-state index contributed by atoms with van der Waals surface area (Å²) in [5.74, 6) is 0.563. The normalized spacial score (nSPS) is 11.0. The molecule has 0 radical (unpaired) electrons. The van der Waals surface area contributed by atoms with Crippen molar-refractivity contribution in [2.24, 2.45) is 0 Å². The summed E-state index contributed by atoms with van der Waals surface area (Å²) in [7, 11) is -4.33. The molecule has 0 spiro atoms. The van der Waals surface area contributed by atoms with Crippen molar-refractivity contribution in [1.29, 1.82) is 0 Å². The first kappa shape index (κ1) is 19.0. The number of urea groups is 1. The van der Waals surface area contributed by atoms with Gasteiger partial charge in [0.15, 0.2) is 6.73 Å². The number of nitrogens with one attached hydrogen (secondary N) is 2. The molecule has 7 nitrogen and oxygen atoms in total. The van der Waals surface area contributed by atoms with Gasteiger partial charge in [-0.25, -0.2) is 4.79 Å². The fraction of sp³-hybridized carbons (Fsp3) is 0.188. The van der Waals surface area contributed by atoms with Gasteiger partial charge < -0.3 is 15.4 Å². The van der Waals surface area contributed by atoms with Gasteiger partial charge in [-0.3, -0.25) is 4.55 Å². The molecule has 0 aliphatic rings. The minimum Gasteiger partial charge on any atom is -0.473 e. The van der Waals surface area contributed by atoms with E-state index < -0.39 is 16.1 Å². The largest absolute Gasteiger partial charge is 0.473 e. The van der Waals surface area contributed by atoms with Gasteiger partial charge in [0.2, 0.25) is 0 Å². The number of hydrogen-bond acceptors (Lipinski definition) is 4. The van der Waals surface area contributed by atoms with Crippen LogP contribution in [0, 0.1) is 13.8 Å². The number of carbonyl (C=O) groups is 1. The van der Waals surface area contributed by atoms with E-state index in [0.717, 1.165) is 17.2 Å². The molecule has 3 N–H and O–H groups in total. The van der Waals surface area contributed by atoms with Gasteiger partial charge in [0.05, 0.1) is 4.90 Å². The summed E-state index contributed by atoms with van der Waals surface area (Å²) < 4.78 is 36.6. The zero-order chi connectivity index (χ0) is 18.6. The molecule has 0 aromatic heterocycles. The Morgan fingerprint density at radius 2 is 1.84 bits per heavy atom. The van der Waals surface area contributed by atoms with Crippen LogP contribution in [-0.4, -0.2) is 25.7 Å². The fourth-order valence-electron chi connectivity index (χ4n) is 2.08. The summed E-state index contributed by atoms with van der Waals surface area (Å²) in [5, 5.41) is 5.58. The molecule has 0 bridgehead atoms. The third-order valence-electron chi connectivity index (χ3n) is 3.27. The van der Waals surface area contributed by atoms with E-state index in [1.54, 1.807) is 12.1 Å². The lowest BCUT2D eigenvalue weighted by Crippen LogP contribution is -2.32. The van der Waals surface area contributed by atoms with Crippen LogP contribution in [0.3, 0.4) is 0 Å². The van der Waals surface area contributed by atoms with E-state index in [1.807, 2.05) is 13.8 Å². The van der Waals surface area contributed by atoms with E-state index >= 15 is 0 Å². The molecule has 0 heterocycles. The predicted molar refractivity (Wildman–Crippen MR) is 94.8 cm³/mol. The molecule has 134 valence electrons. The lowest BCUT2D eigenvalue weighted by molar-refractivity contribution is 0.234. The van der Waals surface area contributed by atoms with E-state index in [4.69, 9.17) is 20.9 Å². The maximum Gasteiger partial charge on any atom is 0.321 e. The SMILES string of the molecule is Cc1cc(OCNC(=O)Nc2cccc(S(=O)(=O)O)c2)cc(C)c1Cl. The van der Waals surface area contributed by atoms with Crippen molar-refractivity contribution >= 4 is 33.4 Å². The van der Waals surface area contributed by atoms with E-state index in [0.29, 0.717) is 10.8 Å². The average molecular weight is 385 g/mol. The highest BCUT2D eigenvalue weighted by molar-refractivity contribution is 7.85. The summed E-state index contributed by atoms with van der Waals surface area (Å²) in [6.07, 6.45) is 0. The molecule has 9 heteroatoms. The van der Waals surface area contributed by atoms with E-state index in [2.05, 4.69) is 10.6 Å². The van der Waals surface area contributed by atoms with Gasteiger partial charge in [-0.15, -0.1) is 0 Å². The van der Waals surface area contributed by atoms with Crippen molar-refractivity contribution in [3.05, 3.63) is 52.5 Å². The molecule has 0 unspecified atom stereocenters. The Hall–Kier alpha value is -2.29. The third kappa shape index (κ3) is 5.35. The van der Waals surface area contributed by atoms with Gasteiger partial charge in [0.1, 0.15) is 5.75 Å². The molecule has 2 aromatic carbocycles. The van der Waals surface area contributed by atoms with Crippen LogP contribution in [0.15, 0.2) is 41.3 Å². The first-order valence-electron chi connectivity index (χ1n) is 7.19. The Labute approximate surface area is 150 Å². The van der Waals surface area contributed by atoms with Crippen molar-refractivity contribution in [3.8, 4) is 5.75 Å². The number of hydrogen-bond donors (Lipinski definition) is 3. The number of halogens is 1. The second-order valence-corrected chi connectivity index (χ2v) is 7.09. The van der Waals surface area contributed by atoms with Gasteiger partial charge in [-0.1, -0.05) is 17.7 Å². The van der Waals surface area contributed by atoms with Crippen LogP contribution >= 0.6 is 11.6 Å². The number of ether oxygens (including phenoxy) is 1. The quantitative estimate of drug-likeness (QED) is 0.541. The van der Waals surface area contributed by atoms with E-state index in [9.17, 15) is 13.2 Å². The summed E-state index contributed by atoms with van der Waals surface area (Å²) in [6, 6.07) is 8.16. The standard InChI is InChI=1S/C16H17ClN2O5S/c1-10-6-13(7-11(2)15(10)17)24-9-18-16(20)19-12-4-3-5-14(8-12)25(21,22)23/h3-8H,9H2,1-2H3,(H2,18,19,20)(H,21,22,23). The Morgan fingerprint density at radius 3 is 2.44 bits per heavy atom. The minimum absolute atomic E-state index is 0.0929. The molecule has 2 amide bonds. The van der Waals surface area contributed by atoms with Gasteiger partial charge in [0, 0.05) is 10.7 Å². The predicted octanol–water partition coefficient (Wildman–Crippen LogP) is 3.36. The van der Waals surface area contributed by atoms with Crippen LogP contribution in [-0.2, 0) is 10.1 Å². The second-order valence-electron chi connectivity index (χ2n) is 5.29. The van der Waals surface area contributed by atoms with Crippen molar-refractivity contribution in [3.63, 3.8) is 0 Å². The lowest BCUT2D eigenvalue weighted by Gasteiger charge is -2.12. The molecule has 0 atom stereocenters. The topological polar surface area (TPSA) is 105 Å². The van der Waals surface area contributed by atoms with Crippen LogP contribution in [0.1, 0.15) is 11.1 Å². The molecule has 0 fully saturated rings. The van der Waals surface area contributed by atoms with E-state index in [1.165, 1.54) is 18.2 Å². The summed E-state index contributed by atoms with van der Waals surface area (Å²) in [6.45, 7) is 3.61. The molecule has 2 rings (SSSR count). The first-order valence-corrected chi connectivity index (χ1v) is 9.00. The van der Waals surface area contributed by atoms with Crippen molar-refractivity contribution in [1.82, 2.24) is 5.32 Å². The van der Waals surface area contributed by atoms with E-state index in [-0.39, 0.29) is 17.3 Å². The van der Waals surface area contributed by atoms with Crippen LogP contribution < -0.4 is 15.4 Å². The van der Waals surface area contributed by atoms with Gasteiger partial charge in [-0.2, -0.15) is 8.42 Å². The molecule has 0 aliphatic carbocycles. The minimum atomic E-state index is -4.33. The molecular weight excluding hydrogens is 368 g/mol. The molecule has 0 saturated heterocycles. The van der Waals surface area contributed by atoms with Crippen molar-refractivity contribution in [2.75, 3.05) is 12.0 Å². The Morgan fingerprint density at radius 1 is 1.20 bits per heavy atom. The third-order valence-corrected chi connectivity index (χ3v) is 4.72. The molecular formula is C16H17ClN2O5S. The number of amides is 2. The maximum atomic E-state index is 11.8. The highest BCUT2D eigenvalue weighted by Gasteiger charge is 2.11. The number of rotatable bonds is 5. The maximum absolute atomic E-state index is 11.8. The van der Waals surface area contributed by atoms with Gasteiger partial charge >= 0.3 is 6.03 Å². The van der Waals surface area contributed by atoms with Crippen molar-refractivity contribution < 1.29 is 22.5 Å². The lowest BCUT2D eigenvalue weighted by atomic mass is 10.1. The van der Waals surface area contributed by atoms with Crippen molar-refractivity contribution in [2.45, 2.75) is 18.7 Å². The zero-order valence-corrected chi connectivity index (χ0v) is 15.1. The Kier molecular flexibility index (Phi) is 5.89. The smallest absolute Gasteiger partial charge is 0.321 e. The number of benzene rings is 2. The average Bonchev–Trinajstić information content (AvgIpc) is 2.52. The van der Waals surface area contributed by atoms with Crippen LogP contribution in [0.25, 0.3) is 0 Å². The Bertz CT molecular complexity index is 876. The molecule has 0 saturated carbocycles. The summed E-state index contributed by atoms with van der Waals surface area (Å²) in [4.78, 5) is 11.5. The zero-order valence-electron chi connectivity index (χ0n) is 13.5. The van der Waals surface area contributed by atoms with Crippen LogP contribution in [0.5, 0.6) is 5.75 Å². The number of aryl methyl sites for hydroxylation is 2. The monoisotopic (exact) mass is 384 g/mol. The summed E-state index contributed by atoms with van der Waals surface area (Å²) >= 11 is 6.07. The summed E-state index contributed by atoms with van der Waals surface area (Å²) in [5.41, 5.74) is 1.94. The Balaban J connectivity index is 1.91. The molecule has 0 aliphatic heterocycles. The highest BCUT2D eigenvalue weighted by atomic mass is 35.5. The number of anilines is 1. The first-order chi connectivity index (χ1) is 11.7. The fourth-order valence-corrected chi connectivity index (χ4v) is 2.72. The highest BCUT2D eigenvalue weighted by Crippen LogP contribution is 2.25. The van der Waals surface area contributed by atoms with Gasteiger partial charge in [-0.05, 0) is 55.3 Å². The molecule has 2 aromatic rings. The van der Waals surface area contributed by atoms with Crippen LogP contribution in [0.4, 0.5) is 10.5 Å². The van der Waals surface area contributed by atoms with Gasteiger partial charge in [0.25, 0.3) is 10.1 Å². The molecule has 25 heavy (non-hydrogen) atoms. The van der Waals surface area contributed by atoms with Crippen LogP contribution in [0.2, 0.25) is 5.02 Å². The number of carbonyl (C=O) groups excluding carboxylic acids is 1.